The van der Waals surface area contributed by atoms with E-state index < -0.39 is 48.1 Å². The zero-order valence-corrected chi connectivity index (χ0v) is 38.4. The number of imidazole rings is 1. The average Bonchev–Trinajstić information content (AvgIpc) is 4.19. The number of carbonyl (C=O) groups excluding carboxylic acids is 5. The Morgan fingerprint density at radius 1 is 0.942 bits per heavy atom. The standard InChI is InChI=1S/C48H47F3N12O5S/c1-57-38-23-29(6-9-32(38)43(56-57)62-15-11-39(64)54-47(62)68)35-10-14-60(26-48(35,50)51)40(65)25-58-16-18-59(19-17-58)31-7-4-28(5-8-31)30-21-33-34(36(49)22-30)24-63(45(33)67)42(44(66)55-46-52-12-20-69-46)41-37-3-2-13-61(37)27-53-41/h4-9,12,20-23,27,35,42H,2-3,10-11,13-19,24-26H2,1H3,(H,52,55,66)(H,54,64,68). The highest BCUT2D eigenvalue weighted by Gasteiger charge is 2.47. The van der Waals surface area contributed by atoms with Crippen molar-refractivity contribution in [3.8, 4) is 11.1 Å². The number of hydrogen-bond acceptors (Lipinski definition) is 11. The molecule has 6 aromatic rings. The first-order valence-corrected chi connectivity index (χ1v) is 23.9. The molecule has 6 amide bonds. The van der Waals surface area contributed by atoms with E-state index in [0.29, 0.717) is 76.8 Å². The number of anilines is 3. The van der Waals surface area contributed by atoms with Crippen molar-refractivity contribution in [3.63, 3.8) is 0 Å². The molecule has 11 rings (SSSR count). The van der Waals surface area contributed by atoms with E-state index in [1.807, 2.05) is 33.7 Å². The molecule has 356 valence electrons. The minimum Gasteiger partial charge on any atom is -0.369 e. The largest absolute Gasteiger partial charge is 0.369 e. The molecule has 3 saturated heterocycles. The Balaban J connectivity index is 0.705. The third-order valence-electron chi connectivity index (χ3n) is 14.1. The summed E-state index contributed by atoms with van der Waals surface area (Å²) in [7, 11) is 1.68. The van der Waals surface area contributed by atoms with Crippen LogP contribution >= 0.6 is 11.3 Å². The molecule has 5 aliphatic heterocycles. The van der Waals surface area contributed by atoms with Crippen LogP contribution in [-0.4, -0.2) is 127 Å². The summed E-state index contributed by atoms with van der Waals surface area (Å²) < 4.78 is 51.4. The van der Waals surface area contributed by atoms with Gasteiger partial charge in [-0.2, -0.15) is 5.10 Å². The van der Waals surface area contributed by atoms with Crippen LogP contribution in [-0.2, 0) is 40.9 Å². The highest BCUT2D eigenvalue weighted by atomic mass is 32.1. The van der Waals surface area contributed by atoms with Crippen LogP contribution in [0.5, 0.6) is 0 Å². The molecular formula is C48H47F3N12O5S. The normalized spacial score (nSPS) is 19.8. The number of nitrogens with zero attached hydrogens (tertiary/aromatic N) is 10. The highest BCUT2D eigenvalue weighted by Crippen LogP contribution is 2.43. The number of aryl methyl sites for hydroxylation is 2. The maximum Gasteiger partial charge on any atom is 0.329 e. The number of urea groups is 1. The topological polar surface area (TPSA) is 174 Å². The molecule has 3 aromatic heterocycles. The molecule has 2 atom stereocenters. The van der Waals surface area contributed by atoms with E-state index in [0.717, 1.165) is 24.3 Å². The summed E-state index contributed by atoms with van der Waals surface area (Å²) in [6.45, 7) is 2.63. The molecule has 0 bridgehead atoms. The van der Waals surface area contributed by atoms with Gasteiger partial charge in [0.15, 0.2) is 17.0 Å². The Morgan fingerprint density at radius 3 is 2.51 bits per heavy atom. The van der Waals surface area contributed by atoms with Crippen LogP contribution in [0.2, 0.25) is 0 Å². The molecule has 3 aromatic carbocycles. The molecule has 5 aliphatic rings. The number of piperidine rings is 1. The number of amides is 6. The van der Waals surface area contributed by atoms with Crippen molar-refractivity contribution < 1.29 is 37.1 Å². The number of fused-ring (bicyclic) bond motifs is 3. The molecule has 0 saturated carbocycles. The molecule has 0 spiro atoms. The van der Waals surface area contributed by atoms with Crippen molar-refractivity contribution in [2.75, 3.05) is 67.5 Å². The monoisotopic (exact) mass is 960 g/mol. The number of carbonyl (C=O) groups is 5. The summed E-state index contributed by atoms with van der Waals surface area (Å²) in [6.07, 6.45) is 5.08. The van der Waals surface area contributed by atoms with Crippen molar-refractivity contribution in [2.45, 2.75) is 56.7 Å². The number of thiazole rings is 1. The van der Waals surface area contributed by atoms with Crippen LogP contribution in [0.1, 0.15) is 64.1 Å². The fraction of sp³-hybridized carbons (Fsp3) is 0.375. The number of alkyl halides is 2. The van der Waals surface area contributed by atoms with E-state index in [2.05, 4.69) is 30.6 Å². The van der Waals surface area contributed by atoms with E-state index in [4.69, 9.17) is 0 Å². The highest BCUT2D eigenvalue weighted by molar-refractivity contribution is 7.13. The van der Waals surface area contributed by atoms with Gasteiger partial charge in [-0.3, -0.25) is 44.3 Å². The zero-order valence-electron chi connectivity index (χ0n) is 37.5. The minimum absolute atomic E-state index is 0.0225. The lowest BCUT2D eigenvalue weighted by Gasteiger charge is -2.40. The van der Waals surface area contributed by atoms with E-state index >= 15 is 13.2 Å². The Bertz CT molecular complexity index is 3040. The molecule has 0 aliphatic carbocycles. The summed E-state index contributed by atoms with van der Waals surface area (Å²) in [5.74, 6) is -6.14. The van der Waals surface area contributed by atoms with Gasteiger partial charge < -0.3 is 19.3 Å². The molecule has 0 radical (unpaired) electrons. The number of piperazine rings is 1. The number of aromatic nitrogens is 5. The summed E-state index contributed by atoms with van der Waals surface area (Å²) in [5.41, 5.74) is 4.93. The second kappa shape index (κ2) is 17.4. The molecule has 8 heterocycles. The summed E-state index contributed by atoms with van der Waals surface area (Å²) in [6, 6.07) is 14.0. The van der Waals surface area contributed by atoms with Gasteiger partial charge in [-0.15, -0.1) is 11.3 Å². The van der Waals surface area contributed by atoms with Gasteiger partial charge in [0, 0.05) is 98.8 Å². The number of hydrogen-bond donors (Lipinski definition) is 2. The quantitative estimate of drug-likeness (QED) is 0.178. The first kappa shape index (κ1) is 44.4. The SMILES string of the molecule is Cn1nc(N2CCC(=O)NC2=O)c2ccc(C3CCN(C(=O)CN4CCN(c5ccc(-c6cc(F)c7c(c6)C(=O)N(C(C(=O)Nc6nccs6)c6ncn8c6CCC8)C7)cc5)CC4)CC3(F)F)cc21. The second-order valence-electron chi connectivity index (χ2n) is 18.2. The second-order valence-corrected chi connectivity index (χ2v) is 19.1. The molecule has 3 fully saturated rings. The van der Waals surface area contributed by atoms with Crippen LogP contribution in [0.25, 0.3) is 22.0 Å². The number of likely N-dealkylation sites (tertiary alicyclic amines) is 1. The molecule has 17 nitrogen and oxygen atoms in total. The number of imide groups is 1. The van der Waals surface area contributed by atoms with Gasteiger partial charge in [0.25, 0.3) is 17.7 Å². The smallest absolute Gasteiger partial charge is 0.329 e. The fourth-order valence-corrected chi connectivity index (χ4v) is 11.0. The summed E-state index contributed by atoms with van der Waals surface area (Å²) in [5, 5.41) is 12.3. The summed E-state index contributed by atoms with van der Waals surface area (Å²) >= 11 is 1.26. The zero-order chi connectivity index (χ0) is 47.7. The molecule has 2 unspecified atom stereocenters. The Labute approximate surface area is 397 Å². The van der Waals surface area contributed by atoms with Gasteiger partial charge in [-0.1, -0.05) is 18.2 Å². The van der Waals surface area contributed by atoms with Crippen molar-refractivity contribution in [1.29, 1.82) is 0 Å². The van der Waals surface area contributed by atoms with Gasteiger partial charge >= 0.3 is 6.03 Å². The van der Waals surface area contributed by atoms with Crippen LogP contribution in [0.15, 0.2) is 72.5 Å². The number of benzene rings is 3. The van der Waals surface area contributed by atoms with E-state index in [1.54, 1.807) is 53.9 Å². The minimum atomic E-state index is -3.19. The van der Waals surface area contributed by atoms with E-state index in [-0.39, 0.29) is 62.0 Å². The van der Waals surface area contributed by atoms with Crippen LogP contribution in [0, 0.1) is 5.82 Å². The fourth-order valence-electron chi connectivity index (χ4n) is 10.5. The maximum atomic E-state index is 16.0. The molecule has 21 heteroatoms. The summed E-state index contributed by atoms with van der Waals surface area (Å²) in [4.78, 5) is 82.6. The van der Waals surface area contributed by atoms with Crippen molar-refractivity contribution in [2.24, 2.45) is 7.05 Å². The van der Waals surface area contributed by atoms with Crippen LogP contribution < -0.4 is 20.4 Å². The first-order chi connectivity index (χ1) is 33.3. The van der Waals surface area contributed by atoms with E-state index in [9.17, 15) is 24.0 Å². The van der Waals surface area contributed by atoms with Crippen LogP contribution in [0.3, 0.4) is 0 Å². The lowest BCUT2D eigenvalue weighted by Crippen LogP contribution is -2.54. The molecular weight excluding hydrogens is 914 g/mol. The number of halogens is 3. The predicted molar refractivity (Wildman–Crippen MR) is 249 cm³/mol. The first-order valence-electron chi connectivity index (χ1n) is 23.0. The number of nitrogens with one attached hydrogen (secondary N) is 2. The van der Waals surface area contributed by atoms with Gasteiger partial charge in [0.1, 0.15) is 5.82 Å². The van der Waals surface area contributed by atoms with E-state index in [1.165, 1.54) is 32.1 Å². The van der Waals surface area contributed by atoms with Crippen molar-refractivity contribution >= 4 is 68.5 Å². The lowest BCUT2D eigenvalue weighted by atomic mass is 9.85. The Kier molecular flexibility index (Phi) is 11.2. The van der Waals surface area contributed by atoms with Gasteiger partial charge in [-0.25, -0.2) is 27.9 Å². The average molecular weight is 961 g/mol. The van der Waals surface area contributed by atoms with Gasteiger partial charge in [0.05, 0.1) is 43.1 Å². The maximum absolute atomic E-state index is 16.0. The predicted octanol–water partition coefficient (Wildman–Crippen LogP) is 5.53. The Morgan fingerprint density at radius 2 is 1.75 bits per heavy atom. The van der Waals surface area contributed by atoms with Crippen LogP contribution in [0.4, 0.5) is 34.6 Å². The molecule has 2 N–H and O–H groups in total. The lowest BCUT2D eigenvalue weighted by molar-refractivity contribution is -0.145. The Hall–Kier alpha value is -7.13. The van der Waals surface area contributed by atoms with Gasteiger partial charge in [0.2, 0.25) is 11.8 Å². The van der Waals surface area contributed by atoms with Crippen molar-refractivity contribution in [3.05, 3.63) is 106 Å². The van der Waals surface area contributed by atoms with Gasteiger partial charge in [-0.05, 0) is 72.4 Å². The third-order valence-corrected chi connectivity index (χ3v) is 14.8. The molecule has 69 heavy (non-hydrogen) atoms. The number of rotatable bonds is 10. The van der Waals surface area contributed by atoms with Crippen molar-refractivity contribution in [1.82, 2.24) is 44.3 Å². The third kappa shape index (κ3) is 8.15.